The van der Waals surface area contributed by atoms with E-state index in [-0.39, 0.29) is 5.56 Å². The standard InChI is InChI=1S/C27H28N4O5/c1-27(25(33)28-2,26(34)30-35)31(3)24(32)22-14-12-20(13-15-22)7-6-19-8-10-21(11-9-19)17-29-18-23-5-4-16-36-23/h4-5,8-16,29,35H,17-18H2,1-3H3,(H,28,33)(H,30,34). The molecule has 2 aromatic carbocycles. The number of furan rings is 1. The van der Waals surface area contributed by atoms with Crippen LogP contribution in [0.3, 0.4) is 0 Å². The predicted molar refractivity (Wildman–Crippen MR) is 133 cm³/mol. The fraction of sp³-hybridized carbons (Fsp3) is 0.222. The summed E-state index contributed by atoms with van der Waals surface area (Å²) >= 11 is 0. The molecule has 1 unspecified atom stereocenters. The third kappa shape index (κ3) is 5.99. The van der Waals surface area contributed by atoms with Crippen LogP contribution < -0.4 is 16.1 Å². The molecule has 0 bridgehead atoms. The van der Waals surface area contributed by atoms with Gasteiger partial charge in [0.1, 0.15) is 5.76 Å². The van der Waals surface area contributed by atoms with Crippen molar-refractivity contribution in [3.63, 3.8) is 0 Å². The van der Waals surface area contributed by atoms with E-state index < -0.39 is 23.3 Å². The Morgan fingerprint density at radius 3 is 2.08 bits per heavy atom. The average molecular weight is 489 g/mol. The van der Waals surface area contributed by atoms with Crippen LogP contribution in [-0.2, 0) is 22.7 Å². The monoisotopic (exact) mass is 488 g/mol. The first kappa shape index (κ1) is 26.2. The normalized spacial score (nSPS) is 12.0. The fourth-order valence-corrected chi connectivity index (χ4v) is 3.45. The van der Waals surface area contributed by atoms with Crippen molar-refractivity contribution in [2.24, 2.45) is 0 Å². The maximum atomic E-state index is 12.9. The lowest BCUT2D eigenvalue weighted by Crippen LogP contribution is -2.64. The van der Waals surface area contributed by atoms with Crippen molar-refractivity contribution in [3.05, 3.63) is 94.9 Å². The molecular weight excluding hydrogens is 460 g/mol. The third-order valence-corrected chi connectivity index (χ3v) is 5.83. The van der Waals surface area contributed by atoms with E-state index >= 15 is 0 Å². The van der Waals surface area contributed by atoms with Crippen LogP contribution in [0.15, 0.2) is 71.3 Å². The van der Waals surface area contributed by atoms with Crippen molar-refractivity contribution in [2.45, 2.75) is 25.6 Å². The van der Waals surface area contributed by atoms with Crippen molar-refractivity contribution in [1.29, 1.82) is 0 Å². The Hall–Kier alpha value is -4.39. The van der Waals surface area contributed by atoms with E-state index in [4.69, 9.17) is 9.62 Å². The van der Waals surface area contributed by atoms with Gasteiger partial charge in [0.2, 0.25) is 0 Å². The third-order valence-electron chi connectivity index (χ3n) is 5.83. The quantitative estimate of drug-likeness (QED) is 0.167. The van der Waals surface area contributed by atoms with Gasteiger partial charge in [0.25, 0.3) is 17.7 Å². The molecule has 9 heteroatoms. The van der Waals surface area contributed by atoms with E-state index in [1.165, 1.54) is 26.5 Å². The van der Waals surface area contributed by atoms with Crippen LogP contribution in [0.25, 0.3) is 0 Å². The maximum absolute atomic E-state index is 12.9. The highest BCUT2D eigenvalue weighted by Crippen LogP contribution is 2.18. The van der Waals surface area contributed by atoms with Crippen LogP contribution in [0, 0.1) is 11.8 Å². The van der Waals surface area contributed by atoms with Crippen molar-refractivity contribution in [3.8, 4) is 11.8 Å². The number of carbonyl (C=O) groups is 3. The second-order valence-corrected chi connectivity index (χ2v) is 8.16. The van der Waals surface area contributed by atoms with Gasteiger partial charge in [-0.05, 0) is 61.0 Å². The summed E-state index contributed by atoms with van der Waals surface area (Å²) in [5.74, 6) is 4.69. The van der Waals surface area contributed by atoms with Gasteiger partial charge in [0.05, 0.1) is 12.8 Å². The van der Waals surface area contributed by atoms with Gasteiger partial charge in [0, 0.05) is 37.3 Å². The molecule has 36 heavy (non-hydrogen) atoms. The molecule has 186 valence electrons. The number of hydrogen-bond acceptors (Lipinski definition) is 6. The number of nitrogens with one attached hydrogen (secondary N) is 3. The summed E-state index contributed by atoms with van der Waals surface area (Å²) in [6, 6.07) is 18.2. The van der Waals surface area contributed by atoms with Gasteiger partial charge in [-0.25, -0.2) is 5.48 Å². The molecular formula is C27H28N4O5. The molecule has 3 aromatic rings. The number of likely N-dealkylation sites (N-methyl/N-ethyl adjacent to an activating group) is 2. The minimum absolute atomic E-state index is 0.260. The van der Waals surface area contributed by atoms with Crippen LogP contribution in [0.1, 0.15) is 39.7 Å². The summed E-state index contributed by atoms with van der Waals surface area (Å²) in [6.07, 6.45) is 1.65. The Balaban J connectivity index is 1.63. The first-order chi connectivity index (χ1) is 17.3. The summed E-state index contributed by atoms with van der Waals surface area (Å²) in [5.41, 5.74) is 2.43. The zero-order valence-corrected chi connectivity index (χ0v) is 20.3. The molecule has 1 atom stereocenters. The highest BCUT2D eigenvalue weighted by molar-refractivity contribution is 6.12. The van der Waals surface area contributed by atoms with Crippen LogP contribution in [0.2, 0.25) is 0 Å². The Morgan fingerprint density at radius 2 is 1.56 bits per heavy atom. The van der Waals surface area contributed by atoms with Crippen LogP contribution in [0.4, 0.5) is 0 Å². The number of rotatable bonds is 8. The van der Waals surface area contributed by atoms with Gasteiger partial charge in [-0.2, -0.15) is 0 Å². The number of benzene rings is 2. The lowest BCUT2D eigenvalue weighted by atomic mass is 9.96. The number of hydrogen-bond donors (Lipinski definition) is 4. The lowest BCUT2D eigenvalue weighted by Gasteiger charge is -2.34. The highest BCUT2D eigenvalue weighted by Gasteiger charge is 2.47. The molecule has 0 radical (unpaired) electrons. The first-order valence-corrected chi connectivity index (χ1v) is 11.2. The Labute approximate surface area is 209 Å². The van der Waals surface area contributed by atoms with Crippen molar-refractivity contribution in [2.75, 3.05) is 14.1 Å². The summed E-state index contributed by atoms with van der Waals surface area (Å²) in [5, 5.41) is 14.7. The Kier molecular flexibility index (Phi) is 8.62. The van der Waals surface area contributed by atoms with Crippen molar-refractivity contribution >= 4 is 17.7 Å². The Morgan fingerprint density at radius 1 is 0.944 bits per heavy atom. The van der Waals surface area contributed by atoms with Gasteiger partial charge in [-0.1, -0.05) is 24.0 Å². The molecule has 3 amide bonds. The van der Waals surface area contributed by atoms with E-state index in [0.717, 1.165) is 21.8 Å². The topological polar surface area (TPSA) is 124 Å². The molecule has 0 aliphatic rings. The number of nitrogens with zero attached hydrogens (tertiary/aromatic N) is 1. The van der Waals surface area contributed by atoms with Crippen molar-refractivity contribution < 1.29 is 24.0 Å². The molecule has 0 aliphatic heterocycles. The Bertz CT molecular complexity index is 1240. The highest BCUT2D eigenvalue weighted by atomic mass is 16.5. The predicted octanol–water partition coefficient (Wildman–Crippen LogP) is 2.05. The first-order valence-electron chi connectivity index (χ1n) is 11.2. The zero-order valence-electron chi connectivity index (χ0n) is 20.3. The molecule has 0 saturated heterocycles. The SMILES string of the molecule is CNC(=O)C(C)(C(=O)NO)N(C)C(=O)c1ccc(C#Cc2ccc(CNCc3ccco3)cc2)cc1. The smallest absolute Gasteiger partial charge is 0.278 e. The zero-order chi connectivity index (χ0) is 26.1. The van der Waals surface area contributed by atoms with Crippen LogP contribution >= 0.6 is 0 Å². The van der Waals surface area contributed by atoms with Gasteiger partial charge in [-0.15, -0.1) is 0 Å². The molecule has 0 spiro atoms. The largest absolute Gasteiger partial charge is 0.468 e. The molecule has 1 aromatic heterocycles. The van der Waals surface area contributed by atoms with Crippen molar-refractivity contribution in [1.82, 2.24) is 21.0 Å². The average Bonchev–Trinajstić information content (AvgIpc) is 3.44. The summed E-state index contributed by atoms with van der Waals surface area (Å²) in [7, 11) is 2.65. The van der Waals surface area contributed by atoms with Crippen LogP contribution in [-0.4, -0.2) is 47.5 Å². The number of amides is 3. The second kappa shape index (κ2) is 11.8. The van der Waals surface area contributed by atoms with E-state index in [9.17, 15) is 14.4 Å². The molecule has 0 fully saturated rings. The summed E-state index contributed by atoms with van der Waals surface area (Å²) < 4.78 is 5.30. The van der Waals surface area contributed by atoms with E-state index in [2.05, 4.69) is 22.5 Å². The van der Waals surface area contributed by atoms with Crippen LogP contribution in [0.5, 0.6) is 0 Å². The minimum atomic E-state index is -1.94. The minimum Gasteiger partial charge on any atom is -0.468 e. The molecule has 0 aliphatic carbocycles. The van der Waals surface area contributed by atoms with Gasteiger partial charge in [-0.3, -0.25) is 19.6 Å². The molecule has 3 rings (SSSR count). The molecule has 1 heterocycles. The van der Waals surface area contributed by atoms with Gasteiger partial charge < -0.3 is 20.0 Å². The molecule has 0 saturated carbocycles. The van der Waals surface area contributed by atoms with Gasteiger partial charge in [0.15, 0.2) is 5.54 Å². The van der Waals surface area contributed by atoms with E-state index in [1.54, 1.807) is 30.5 Å². The van der Waals surface area contributed by atoms with Gasteiger partial charge >= 0.3 is 0 Å². The lowest BCUT2D eigenvalue weighted by molar-refractivity contribution is -0.148. The fourth-order valence-electron chi connectivity index (χ4n) is 3.45. The number of carbonyl (C=O) groups excluding carboxylic acids is 3. The van der Waals surface area contributed by atoms with E-state index in [1.807, 2.05) is 36.4 Å². The summed E-state index contributed by atoms with van der Waals surface area (Å²) in [4.78, 5) is 38.4. The van der Waals surface area contributed by atoms with E-state index in [0.29, 0.717) is 18.7 Å². The summed E-state index contributed by atoms with van der Waals surface area (Å²) in [6.45, 7) is 2.61. The molecule has 4 N–H and O–H groups in total. The number of hydroxylamine groups is 1. The molecule has 9 nitrogen and oxygen atoms in total. The second-order valence-electron chi connectivity index (χ2n) is 8.16. The maximum Gasteiger partial charge on any atom is 0.278 e.